The topological polar surface area (TPSA) is 75.2 Å². The van der Waals surface area contributed by atoms with E-state index in [1.807, 2.05) is 0 Å². The molecule has 1 aliphatic heterocycles. The number of piperidine rings is 1. The highest BCUT2D eigenvalue weighted by molar-refractivity contribution is 5.89. The number of hydrogen-bond acceptors (Lipinski definition) is 4. The number of rotatable bonds is 4. The van der Waals surface area contributed by atoms with Gasteiger partial charge in [-0.3, -0.25) is 14.6 Å². The van der Waals surface area contributed by atoms with Gasteiger partial charge in [0, 0.05) is 38.1 Å². The van der Waals surface area contributed by atoms with Gasteiger partial charge in [-0.2, -0.15) is 0 Å². The van der Waals surface area contributed by atoms with Crippen LogP contribution in [0, 0.1) is 17.6 Å². The summed E-state index contributed by atoms with van der Waals surface area (Å²) in [7, 11) is 0. The Morgan fingerprint density at radius 2 is 1.93 bits per heavy atom. The van der Waals surface area contributed by atoms with E-state index < -0.39 is 11.6 Å². The second kappa shape index (κ2) is 8.20. The van der Waals surface area contributed by atoms with Gasteiger partial charge in [-0.25, -0.2) is 13.8 Å². The van der Waals surface area contributed by atoms with Gasteiger partial charge in [-0.05, 0) is 30.9 Å². The van der Waals surface area contributed by atoms with Crippen molar-refractivity contribution in [3.05, 3.63) is 42.2 Å². The largest absolute Gasteiger partial charge is 0.343 e. The first-order valence-electron chi connectivity index (χ1n) is 8.75. The third-order valence-corrected chi connectivity index (χ3v) is 4.66. The maximum absolute atomic E-state index is 13.8. The molecule has 1 aromatic heterocycles. The molecular formula is C19H20F2N4O2. The summed E-state index contributed by atoms with van der Waals surface area (Å²) in [6, 6.07) is 3.22. The summed E-state index contributed by atoms with van der Waals surface area (Å²) in [5.41, 5.74) is 0.390. The molecule has 0 bridgehead atoms. The van der Waals surface area contributed by atoms with Crippen molar-refractivity contribution in [2.75, 3.05) is 18.4 Å². The fourth-order valence-corrected chi connectivity index (χ4v) is 3.14. The van der Waals surface area contributed by atoms with Crippen LogP contribution >= 0.6 is 0 Å². The molecule has 1 aliphatic rings. The lowest BCUT2D eigenvalue weighted by Crippen LogP contribution is -2.37. The molecule has 1 aromatic carbocycles. The van der Waals surface area contributed by atoms with E-state index in [9.17, 15) is 18.4 Å². The van der Waals surface area contributed by atoms with Crippen LogP contribution in [0.1, 0.15) is 26.2 Å². The summed E-state index contributed by atoms with van der Waals surface area (Å²) < 4.78 is 26.8. The molecule has 6 nitrogen and oxygen atoms in total. The van der Waals surface area contributed by atoms with Crippen LogP contribution in [0.5, 0.6) is 0 Å². The van der Waals surface area contributed by atoms with Crippen LogP contribution in [0.4, 0.5) is 14.6 Å². The normalized spacial score (nSPS) is 14.9. The summed E-state index contributed by atoms with van der Waals surface area (Å²) in [5.74, 6) is -1.01. The average molecular weight is 374 g/mol. The lowest BCUT2D eigenvalue weighted by Gasteiger charge is -2.30. The number of amides is 2. The van der Waals surface area contributed by atoms with E-state index >= 15 is 0 Å². The number of anilines is 1. The van der Waals surface area contributed by atoms with Gasteiger partial charge in [0.2, 0.25) is 11.8 Å². The van der Waals surface area contributed by atoms with Crippen molar-refractivity contribution in [1.29, 1.82) is 0 Å². The summed E-state index contributed by atoms with van der Waals surface area (Å²) in [6.07, 6.45) is 4.61. The molecule has 0 aliphatic carbocycles. The summed E-state index contributed by atoms with van der Waals surface area (Å²) in [6.45, 7) is 2.89. The van der Waals surface area contributed by atoms with Gasteiger partial charge in [0.1, 0.15) is 11.6 Å². The Hall–Kier alpha value is -2.90. The molecule has 0 radical (unpaired) electrons. The van der Waals surface area contributed by atoms with Crippen molar-refractivity contribution in [3.8, 4) is 11.3 Å². The van der Waals surface area contributed by atoms with Crippen LogP contribution < -0.4 is 5.32 Å². The van der Waals surface area contributed by atoms with Crippen LogP contribution in [-0.4, -0.2) is 39.8 Å². The van der Waals surface area contributed by atoms with Crippen molar-refractivity contribution >= 4 is 17.6 Å². The number of nitrogens with zero attached hydrogens (tertiary/aromatic N) is 3. The van der Waals surface area contributed by atoms with Crippen molar-refractivity contribution in [3.63, 3.8) is 0 Å². The van der Waals surface area contributed by atoms with E-state index in [-0.39, 0.29) is 34.8 Å². The zero-order valence-corrected chi connectivity index (χ0v) is 14.9. The van der Waals surface area contributed by atoms with Gasteiger partial charge in [0.25, 0.3) is 0 Å². The van der Waals surface area contributed by atoms with Crippen molar-refractivity contribution in [1.82, 2.24) is 14.9 Å². The lowest BCUT2D eigenvalue weighted by atomic mass is 9.93. The zero-order chi connectivity index (χ0) is 19.4. The van der Waals surface area contributed by atoms with E-state index in [1.165, 1.54) is 18.5 Å². The monoisotopic (exact) mass is 374 g/mol. The number of likely N-dealkylation sites (tertiary alicyclic amines) is 1. The average Bonchev–Trinajstić information content (AvgIpc) is 2.63. The molecule has 1 N–H and O–H groups in total. The predicted molar refractivity (Wildman–Crippen MR) is 95.6 cm³/mol. The Bertz CT molecular complexity index is 834. The molecule has 0 atom stereocenters. The Morgan fingerprint density at radius 3 is 2.52 bits per heavy atom. The molecule has 2 amide bonds. The first kappa shape index (κ1) is 18.9. The van der Waals surface area contributed by atoms with E-state index in [0.29, 0.717) is 19.5 Å². The van der Waals surface area contributed by atoms with Crippen molar-refractivity contribution < 1.29 is 18.4 Å². The summed E-state index contributed by atoms with van der Waals surface area (Å²) >= 11 is 0. The molecule has 3 rings (SSSR count). The summed E-state index contributed by atoms with van der Waals surface area (Å²) in [5, 5.41) is 2.68. The first-order valence-corrected chi connectivity index (χ1v) is 8.75. The Morgan fingerprint density at radius 1 is 1.19 bits per heavy atom. The molecule has 8 heteroatoms. The zero-order valence-electron chi connectivity index (χ0n) is 14.9. The van der Waals surface area contributed by atoms with Gasteiger partial charge >= 0.3 is 0 Å². The van der Waals surface area contributed by atoms with Gasteiger partial charge in [-0.15, -0.1) is 0 Å². The second-order valence-electron chi connectivity index (χ2n) is 6.61. The second-order valence-corrected chi connectivity index (χ2v) is 6.61. The van der Waals surface area contributed by atoms with Gasteiger partial charge < -0.3 is 10.2 Å². The molecule has 0 saturated carbocycles. The molecule has 0 unspecified atom stereocenters. The number of hydrogen-bond donors (Lipinski definition) is 1. The van der Waals surface area contributed by atoms with Crippen molar-refractivity contribution in [2.24, 2.45) is 5.92 Å². The number of benzene rings is 1. The van der Waals surface area contributed by atoms with E-state index in [4.69, 9.17) is 0 Å². The Labute approximate surface area is 155 Å². The summed E-state index contributed by atoms with van der Waals surface area (Å²) in [4.78, 5) is 33.5. The molecule has 1 fully saturated rings. The minimum Gasteiger partial charge on any atom is -0.343 e. The molecule has 2 aromatic rings. The molecule has 27 heavy (non-hydrogen) atoms. The molecule has 142 valence electrons. The highest BCUT2D eigenvalue weighted by Gasteiger charge is 2.22. The lowest BCUT2D eigenvalue weighted by molar-refractivity contribution is -0.130. The standard InChI is InChI=1S/C19H20F2N4O2/c1-12(26)25-6-4-13(5-7-25)8-19(27)24-18-11-22-17(10-23-18)15-3-2-14(20)9-16(15)21/h2-3,9-11,13H,4-8H2,1H3,(H,23,24,27). The van der Waals surface area contributed by atoms with E-state index in [1.54, 1.807) is 11.8 Å². The van der Waals surface area contributed by atoms with Gasteiger partial charge in [-0.1, -0.05) is 0 Å². The molecule has 0 spiro atoms. The smallest absolute Gasteiger partial charge is 0.225 e. The third kappa shape index (κ3) is 4.84. The molecule has 1 saturated heterocycles. The highest BCUT2D eigenvalue weighted by atomic mass is 19.1. The SMILES string of the molecule is CC(=O)N1CCC(CC(=O)Nc2cnc(-c3ccc(F)cc3F)cn2)CC1. The fraction of sp³-hybridized carbons (Fsp3) is 0.368. The number of nitrogens with one attached hydrogen (secondary N) is 1. The van der Waals surface area contributed by atoms with Crippen LogP contribution in [0.3, 0.4) is 0 Å². The maximum atomic E-state index is 13.8. The van der Waals surface area contributed by atoms with Crippen LogP contribution in [-0.2, 0) is 9.59 Å². The van der Waals surface area contributed by atoms with Crippen molar-refractivity contribution in [2.45, 2.75) is 26.2 Å². The quantitative estimate of drug-likeness (QED) is 0.893. The maximum Gasteiger partial charge on any atom is 0.225 e. The highest BCUT2D eigenvalue weighted by Crippen LogP contribution is 2.23. The number of aromatic nitrogens is 2. The van der Waals surface area contributed by atoms with Crippen LogP contribution in [0.25, 0.3) is 11.3 Å². The third-order valence-electron chi connectivity index (χ3n) is 4.66. The van der Waals surface area contributed by atoms with Crippen LogP contribution in [0.15, 0.2) is 30.6 Å². The molecule has 2 heterocycles. The van der Waals surface area contributed by atoms with Gasteiger partial charge in [0.15, 0.2) is 5.82 Å². The Kier molecular flexibility index (Phi) is 5.73. The fourth-order valence-electron chi connectivity index (χ4n) is 3.14. The first-order chi connectivity index (χ1) is 12.9. The van der Waals surface area contributed by atoms with E-state index in [2.05, 4.69) is 15.3 Å². The van der Waals surface area contributed by atoms with Crippen LogP contribution in [0.2, 0.25) is 0 Å². The number of halogens is 2. The van der Waals surface area contributed by atoms with Gasteiger partial charge in [0.05, 0.1) is 18.1 Å². The minimum atomic E-state index is -0.724. The number of carbonyl (C=O) groups excluding carboxylic acids is 2. The Balaban J connectivity index is 1.55. The minimum absolute atomic E-state index is 0.0610. The predicted octanol–water partition coefficient (Wildman–Crippen LogP) is 3.01. The number of carbonyl (C=O) groups is 2. The molecular weight excluding hydrogens is 354 g/mol. The van der Waals surface area contributed by atoms with E-state index in [0.717, 1.165) is 25.0 Å².